The van der Waals surface area contributed by atoms with Gasteiger partial charge in [0.2, 0.25) is 0 Å². The van der Waals surface area contributed by atoms with Gasteiger partial charge in [0.25, 0.3) is 5.91 Å². The number of benzene rings is 1. The van der Waals surface area contributed by atoms with Crippen LogP contribution in [0.5, 0.6) is 0 Å². The van der Waals surface area contributed by atoms with Crippen molar-refractivity contribution < 1.29 is 14.7 Å². The van der Waals surface area contributed by atoms with Gasteiger partial charge in [0, 0.05) is 18.5 Å². The predicted molar refractivity (Wildman–Crippen MR) is 95.0 cm³/mol. The SMILES string of the molecule is Cc1ccc(Cn2ccc(NC(=O)c3ccn(C(C)C(=O)O)n3)n2)cc1. The highest BCUT2D eigenvalue weighted by Gasteiger charge is 2.17. The zero-order valence-corrected chi connectivity index (χ0v) is 14.5. The van der Waals surface area contributed by atoms with Gasteiger partial charge in [-0.2, -0.15) is 10.2 Å². The lowest BCUT2D eigenvalue weighted by Crippen LogP contribution is -2.18. The van der Waals surface area contributed by atoms with Gasteiger partial charge in [0.1, 0.15) is 6.04 Å². The maximum absolute atomic E-state index is 12.2. The van der Waals surface area contributed by atoms with E-state index in [2.05, 4.69) is 15.5 Å². The monoisotopic (exact) mass is 353 g/mol. The Morgan fingerprint density at radius 2 is 1.85 bits per heavy atom. The highest BCUT2D eigenvalue weighted by atomic mass is 16.4. The summed E-state index contributed by atoms with van der Waals surface area (Å²) in [5, 5.41) is 20.0. The number of rotatable bonds is 6. The third-order valence-electron chi connectivity index (χ3n) is 3.94. The molecule has 2 N–H and O–H groups in total. The van der Waals surface area contributed by atoms with Gasteiger partial charge < -0.3 is 10.4 Å². The number of hydrogen-bond donors (Lipinski definition) is 2. The van der Waals surface area contributed by atoms with Crippen LogP contribution in [0, 0.1) is 6.92 Å². The van der Waals surface area contributed by atoms with E-state index in [0.717, 1.165) is 5.56 Å². The molecule has 8 nitrogen and oxygen atoms in total. The molecule has 1 aromatic carbocycles. The Morgan fingerprint density at radius 1 is 1.12 bits per heavy atom. The van der Waals surface area contributed by atoms with Crippen LogP contribution in [-0.4, -0.2) is 36.5 Å². The fourth-order valence-corrected chi connectivity index (χ4v) is 2.37. The van der Waals surface area contributed by atoms with Gasteiger partial charge >= 0.3 is 5.97 Å². The first-order valence-corrected chi connectivity index (χ1v) is 8.10. The number of nitrogens with zero attached hydrogens (tertiary/aromatic N) is 4. The minimum absolute atomic E-state index is 0.131. The summed E-state index contributed by atoms with van der Waals surface area (Å²) in [7, 11) is 0. The van der Waals surface area contributed by atoms with E-state index in [-0.39, 0.29) is 5.69 Å². The molecule has 0 bridgehead atoms. The third-order valence-corrected chi connectivity index (χ3v) is 3.94. The lowest BCUT2D eigenvalue weighted by atomic mass is 10.1. The molecule has 1 amide bonds. The number of nitrogens with one attached hydrogen (secondary N) is 1. The van der Waals surface area contributed by atoms with E-state index in [4.69, 9.17) is 5.11 Å². The Morgan fingerprint density at radius 3 is 2.54 bits per heavy atom. The molecule has 2 aromatic heterocycles. The predicted octanol–water partition coefficient (Wildman–Crippen LogP) is 2.33. The van der Waals surface area contributed by atoms with Crippen molar-refractivity contribution in [2.75, 3.05) is 5.32 Å². The van der Waals surface area contributed by atoms with E-state index in [9.17, 15) is 9.59 Å². The molecule has 0 saturated heterocycles. The molecule has 0 aliphatic heterocycles. The van der Waals surface area contributed by atoms with Crippen molar-refractivity contribution in [1.82, 2.24) is 19.6 Å². The van der Waals surface area contributed by atoms with E-state index in [1.807, 2.05) is 31.2 Å². The van der Waals surface area contributed by atoms with Crippen molar-refractivity contribution in [1.29, 1.82) is 0 Å². The second-order valence-electron chi connectivity index (χ2n) is 6.03. The van der Waals surface area contributed by atoms with Crippen LogP contribution < -0.4 is 5.32 Å². The van der Waals surface area contributed by atoms with Crippen LogP contribution in [0.4, 0.5) is 5.82 Å². The van der Waals surface area contributed by atoms with Crippen molar-refractivity contribution in [2.45, 2.75) is 26.4 Å². The Bertz CT molecular complexity index is 926. The van der Waals surface area contributed by atoms with Crippen molar-refractivity contribution in [3.8, 4) is 0 Å². The lowest BCUT2D eigenvalue weighted by Gasteiger charge is -2.05. The maximum atomic E-state index is 12.2. The fraction of sp³-hybridized carbons (Fsp3) is 0.222. The summed E-state index contributed by atoms with van der Waals surface area (Å²) in [6.45, 7) is 4.12. The summed E-state index contributed by atoms with van der Waals surface area (Å²) in [5.74, 6) is -1.06. The summed E-state index contributed by atoms with van der Waals surface area (Å²) >= 11 is 0. The van der Waals surface area contributed by atoms with Crippen LogP contribution in [-0.2, 0) is 11.3 Å². The summed E-state index contributed by atoms with van der Waals surface area (Å²) < 4.78 is 2.96. The Kier molecular flexibility index (Phi) is 4.83. The normalized spacial score (nSPS) is 11.9. The second kappa shape index (κ2) is 7.22. The van der Waals surface area contributed by atoms with Gasteiger partial charge in [-0.3, -0.25) is 14.2 Å². The first kappa shape index (κ1) is 17.4. The minimum Gasteiger partial charge on any atom is -0.480 e. The van der Waals surface area contributed by atoms with Gasteiger partial charge in [0.05, 0.1) is 6.54 Å². The summed E-state index contributed by atoms with van der Waals surface area (Å²) in [6.07, 6.45) is 3.24. The molecule has 134 valence electrons. The first-order valence-electron chi connectivity index (χ1n) is 8.10. The summed E-state index contributed by atoms with van der Waals surface area (Å²) in [5.41, 5.74) is 2.43. The number of carboxylic acid groups (broad SMARTS) is 1. The van der Waals surface area contributed by atoms with Gasteiger partial charge in [-0.1, -0.05) is 29.8 Å². The topological polar surface area (TPSA) is 102 Å². The molecule has 3 rings (SSSR count). The number of aliphatic carboxylic acids is 1. The van der Waals surface area contributed by atoms with Gasteiger partial charge in [-0.05, 0) is 25.5 Å². The second-order valence-corrected chi connectivity index (χ2v) is 6.03. The van der Waals surface area contributed by atoms with Crippen molar-refractivity contribution in [3.05, 3.63) is 65.6 Å². The van der Waals surface area contributed by atoms with Gasteiger partial charge in [-0.15, -0.1) is 0 Å². The van der Waals surface area contributed by atoms with Crippen molar-refractivity contribution in [3.63, 3.8) is 0 Å². The molecule has 26 heavy (non-hydrogen) atoms. The molecular weight excluding hydrogens is 334 g/mol. The van der Waals surface area contributed by atoms with Crippen molar-refractivity contribution >= 4 is 17.7 Å². The number of carbonyl (C=O) groups excluding carboxylic acids is 1. The van der Waals surface area contributed by atoms with E-state index >= 15 is 0 Å². The number of carbonyl (C=O) groups is 2. The molecule has 0 saturated carbocycles. The number of aryl methyl sites for hydroxylation is 1. The average molecular weight is 353 g/mol. The van der Waals surface area contributed by atoms with Gasteiger partial charge in [0.15, 0.2) is 11.5 Å². The van der Waals surface area contributed by atoms with Crippen LogP contribution in [0.1, 0.15) is 34.6 Å². The minimum atomic E-state index is -1.02. The highest BCUT2D eigenvalue weighted by molar-refractivity contribution is 6.02. The molecule has 0 spiro atoms. The molecular formula is C18H19N5O3. The van der Waals surface area contributed by atoms with Gasteiger partial charge in [-0.25, -0.2) is 4.79 Å². The molecule has 0 fully saturated rings. The van der Waals surface area contributed by atoms with Crippen LogP contribution in [0.15, 0.2) is 48.8 Å². The number of amides is 1. The Balaban J connectivity index is 1.64. The maximum Gasteiger partial charge on any atom is 0.328 e. The Labute approximate surface area is 150 Å². The number of hydrogen-bond acceptors (Lipinski definition) is 4. The quantitative estimate of drug-likeness (QED) is 0.708. The largest absolute Gasteiger partial charge is 0.480 e. The molecule has 0 aliphatic rings. The van der Waals surface area contributed by atoms with E-state index in [1.54, 1.807) is 16.9 Å². The zero-order chi connectivity index (χ0) is 18.7. The summed E-state index contributed by atoms with van der Waals surface area (Å²) in [4.78, 5) is 23.2. The van der Waals surface area contributed by atoms with E-state index in [1.165, 1.54) is 29.4 Å². The van der Waals surface area contributed by atoms with Crippen LogP contribution in [0.2, 0.25) is 0 Å². The summed E-state index contributed by atoms with van der Waals surface area (Å²) in [6, 6.07) is 10.5. The number of aromatic nitrogens is 4. The van der Waals surface area contributed by atoms with Crippen molar-refractivity contribution in [2.24, 2.45) is 0 Å². The molecule has 1 atom stereocenters. The number of carboxylic acids is 1. The van der Waals surface area contributed by atoms with E-state index in [0.29, 0.717) is 12.4 Å². The molecule has 3 aromatic rings. The van der Waals surface area contributed by atoms with Crippen LogP contribution in [0.25, 0.3) is 0 Å². The standard InChI is InChI=1S/C18H19N5O3/c1-12-3-5-14(6-4-12)11-22-9-8-16(21-22)19-17(24)15-7-10-23(20-15)13(2)18(25)26/h3-10,13H,11H2,1-2H3,(H,25,26)(H,19,21,24). The smallest absolute Gasteiger partial charge is 0.328 e. The average Bonchev–Trinajstić information content (AvgIpc) is 3.26. The molecule has 0 aliphatic carbocycles. The highest BCUT2D eigenvalue weighted by Crippen LogP contribution is 2.10. The van der Waals surface area contributed by atoms with Crippen LogP contribution in [0.3, 0.4) is 0 Å². The fourth-order valence-electron chi connectivity index (χ4n) is 2.37. The Hall–Kier alpha value is -3.42. The molecule has 2 heterocycles. The zero-order valence-electron chi connectivity index (χ0n) is 14.5. The lowest BCUT2D eigenvalue weighted by molar-refractivity contribution is -0.140. The number of anilines is 1. The molecule has 0 radical (unpaired) electrons. The molecule has 1 unspecified atom stereocenters. The third kappa shape index (κ3) is 3.97. The molecule has 8 heteroatoms. The van der Waals surface area contributed by atoms with Crippen LogP contribution >= 0.6 is 0 Å². The van der Waals surface area contributed by atoms with E-state index < -0.39 is 17.9 Å². The first-order chi connectivity index (χ1) is 12.4.